The molecule has 4 N–H and O–H groups in total. The third-order valence-corrected chi connectivity index (χ3v) is 20.7. The van der Waals surface area contributed by atoms with Gasteiger partial charge < -0.3 is 55.6 Å². The number of nitrogens with one attached hydrogen (secondary N) is 4. The molecule has 538 valence electrons. The van der Waals surface area contributed by atoms with Crippen molar-refractivity contribution in [2.75, 3.05) is 54.9 Å². The van der Waals surface area contributed by atoms with E-state index in [0.717, 1.165) is 22.6 Å². The van der Waals surface area contributed by atoms with Gasteiger partial charge in [0.2, 0.25) is 65.0 Å². The van der Waals surface area contributed by atoms with Crippen LogP contribution in [0.5, 0.6) is 0 Å². The fourth-order valence-corrected chi connectivity index (χ4v) is 14.2. The third kappa shape index (κ3) is 19.3. The van der Waals surface area contributed by atoms with Crippen LogP contribution in [0.15, 0.2) is 42.5 Å². The van der Waals surface area contributed by atoms with E-state index in [1.54, 1.807) is 19.1 Å². The zero-order valence-corrected chi connectivity index (χ0v) is 60.2. The molecular formula is C71H105ClF3N11O11. The standard InChI is InChI=1S/C71H105ClF3N11O11/c1-16-44(8)59-68(96)81(12)46(10)64(92)86-34-30-54(86)67(95)83(14)56(38-48-24-22-43(7)23-25-48)66(94)80(11)40-57(87)77-52(29-27-47-26-28-50(51(72)37-47)71(73,74)75)65(93)85-33-20-21-53(85)62(90)79-70(31-18-19-32-70)69(97)84(15)60(45(9)17-2)63(91)76-49(35-41(3)4)39-58(88)82(13)55(36-42(5)6)61(89)78-59/h22-26,28,37,41-42,44-46,49,52-56,59-60H,16-21,27,29-36,38-40H2,1-15H3,(H,76,91)(H,77,87)(H,78,89)(H,79,90)/t44-,45-,46-,49+,52-,53-,54-,55-,56-,59-,60-/m0/s1. The highest BCUT2D eigenvalue weighted by atomic mass is 35.5. The lowest BCUT2D eigenvalue weighted by Crippen LogP contribution is -2.65. The highest BCUT2D eigenvalue weighted by molar-refractivity contribution is 6.31. The van der Waals surface area contributed by atoms with Crippen LogP contribution in [-0.4, -0.2) is 214 Å². The molecule has 1 saturated carbocycles. The zero-order valence-electron chi connectivity index (χ0n) is 59.4. The van der Waals surface area contributed by atoms with Gasteiger partial charge in [0.15, 0.2) is 0 Å². The molecule has 4 fully saturated rings. The van der Waals surface area contributed by atoms with Gasteiger partial charge in [0.1, 0.15) is 53.9 Å². The molecule has 3 aliphatic heterocycles. The molecular weight excluding hydrogens is 1280 g/mol. The Labute approximate surface area is 575 Å². The molecule has 97 heavy (non-hydrogen) atoms. The summed E-state index contributed by atoms with van der Waals surface area (Å²) in [5, 5.41) is 11.3. The van der Waals surface area contributed by atoms with Crippen molar-refractivity contribution >= 4 is 76.6 Å². The molecule has 6 rings (SSSR count). The Bertz CT molecular complexity index is 3180. The lowest BCUT2D eigenvalue weighted by Gasteiger charge is -2.45. The Kier molecular flexibility index (Phi) is 27.6. The molecule has 0 aromatic heterocycles. The fraction of sp³-hybridized carbons (Fsp3) is 0.676. The number of benzene rings is 2. The smallest absolute Gasteiger partial charge is 0.351 e. The van der Waals surface area contributed by atoms with E-state index in [2.05, 4.69) is 21.3 Å². The van der Waals surface area contributed by atoms with E-state index >= 15 is 9.59 Å². The van der Waals surface area contributed by atoms with Crippen molar-refractivity contribution in [3.8, 4) is 0 Å². The van der Waals surface area contributed by atoms with Crippen LogP contribution in [-0.2, 0) is 71.8 Å². The van der Waals surface area contributed by atoms with Crippen molar-refractivity contribution in [3.05, 3.63) is 69.7 Å². The highest BCUT2D eigenvalue weighted by Crippen LogP contribution is 2.37. The maximum Gasteiger partial charge on any atom is 0.417 e. The molecule has 2 aromatic rings. The SMILES string of the molecule is CC[C@H](C)[C@@H]1NC(=O)[C@H](CC(C)C)N(C)C(=O)C[C@@H](CC(C)C)NC(=O)[C@H]([C@@H](C)CC)N(C)C(=O)C2(CCCC2)NC(=O)[C@@H]2CCCN2C(=O)[C@H](CCc2ccc(C(F)(F)F)c(Cl)c2)NC(=O)CN(C)C(=O)[C@H](Cc2ccc(C)cc2)N(C)C(=O)[C@@H]2CCN2C(=O)[C@H](C)N(C)C1=O. The van der Waals surface area contributed by atoms with Gasteiger partial charge in [-0.05, 0) is 119 Å². The van der Waals surface area contributed by atoms with Gasteiger partial charge in [0.25, 0.3) is 0 Å². The molecule has 22 nitrogen and oxygen atoms in total. The first kappa shape index (κ1) is 78.7. The second kappa shape index (κ2) is 34.0. The predicted molar refractivity (Wildman–Crippen MR) is 362 cm³/mol. The van der Waals surface area contributed by atoms with E-state index in [0.29, 0.717) is 49.7 Å². The summed E-state index contributed by atoms with van der Waals surface area (Å²) in [4.78, 5) is 172. The monoisotopic (exact) mass is 1380 g/mol. The van der Waals surface area contributed by atoms with Crippen LogP contribution >= 0.6 is 11.6 Å². The molecule has 11 atom stereocenters. The van der Waals surface area contributed by atoms with Crippen molar-refractivity contribution in [1.29, 1.82) is 0 Å². The van der Waals surface area contributed by atoms with Gasteiger partial charge in [-0.3, -0.25) is 52.7 Å². The van der Waals surface area contributed by atoms with Gasteiger partial charge in [-0.2, -0.15) is 13.2 Å². The van der Waals surface area contributed by atoms with E-state index in [1.165, 1.54) is 77.6 Å². The van der Waals surface area contributed by atoms with Crippen LogP contribution in [0.2, 0.25) is 5.02 Å². The number of likely N-dealkylation sites (N-methyl/N-ethyl adjacent to an activating group) is 5. The number of aryl methyl sites for hydroxylation is 2. The van der Waals surface area contributed by atoms with Crippen LogP contribution in [0, 0.1) is 30.6 Å². The number of halogens is 4. The highest BCUT2D eigenvalue weighted by Gasteiger charge is 2.51. The maximum absolute atomic E-state index is 15.3. The quantitative estimate of drug-likeness (QED) is 0.164. The summed E-state index contributed by atoms with van der Waals surface area (Å²) in [7, 11) is 7.24. The first-order chi connectivity index (χ1) is 45.5. The molecule has 26 heteroatoms. The van der Waals surface area contributed by atoms with Crippen LogP contribution in [0.25, 0.3) is 0 Å². The average Bonchev–Trinajstić information content (AvgIpc) is 1.77. The van der Waals surface area contributed by atoms with Gasteiger partial charge in [0.05, 0.1) is 17.1 Å². The molecule has 3 saturated heterocycles. The Morgan fingerprint density at radius 3 is 1.79 bits per heavy atom. The van der Waals surface area contributed by atoms with Gasteiger partial charge in [-0.1, -0.05) is 129 Å². The van der Waals surface area contributed by atoms with E-state index in [-0.39, 0.29) is 82.7 Å². The van der Waals surface area contributed by atoms with Crippen molar-refractivity contribution in [3.63, 3.8) is 0 Å². The summed E-state index contributed by atoms with van der Waals surface area (Å²) in [6.07, 6.45) is -1.69. The summed E-state index contributed by atoms with van der Waals surface area (Å²) in [5.41, 5.74) is -0.700. The van der Waals surface area contributed by atoms with Crippen LogP contribution < -0.4 is 21.3 Å². The lowest BCUT2D eigenvalue weighted by atomic mass is 9.90. The van der Waals surface area contributed by atoms with Crippen molar-refractivity contribution in [2.45, 2.75) is 232 Å². The molecule has 2 aromatic carbocycles. The third-order valence-electron chi connectivity index (χ3n) is 20.4. The Balaban J connectivity index is 1.42. The first-order valence-corrected chi connectivity index (χ1v) is 34.9. The van der Waals surface area contributed by atoms with Gasteiger partial charge in [0, 0.05) is 67.2 Å². The Hall–Kier alpha value is -7.31. The molecule has 3 heterocycles. The van der Waals surface area contributed by atoms with E-state index in [4.69, 9.17) is 11.6 Å². The minimum Gasteiger partial charge on any atom is -0.351 e. The van der Waals surface area contributed by atoms with Crippen LogP contribution in [0.1, 0.15) is 168 Å². The van der Waals surface area contributed by atoms with E-state index in [9.17, 15) is 56.3 Å². The van der Waals surface area contributed by atoms with Crippen LogP contribution in [0.3, 0.4) is 0 Å². The maximum atomic E-state index is 15.3. The lowest BCUT2D eigenvalue weighted by molar-refractivity contribution is -0.160. The van der Waals surface area contributed by atoms with Gasteiger partial charge >= 0.3 is 6.18 Å². The second-order valence-electron chi connectivity index (χ2n) is 28.6. The Morgan fingerprint density at radius 1 is 0.619 bits per heavy atom. The number of rotatable bonds is 13. The van der Waals surface area contributed by atoms with Crippen molar-refractivity contribution in [1.82, 2.24) is 55.6 Å². The number of hydrogen-bond acceptors (Lipinski definition) is 11. The number of hydrogen-bond donors (Lipinski definition) is 4. The number of amides is 11. The summed E-state index contributed by atoms with van der Waals surface area (Å²) in [6.45, 7) is 18.0. The minimum absolute atomic E-state index is 0.0306. The fourth-order valence-electron chi connectivity index (χ4n) is 13.8. The zero-order chi connectivity index (χ0) is 72.3. The number of fused-ring (bicyclic) bond motifs is 2. The Morgan fingerprint density at radius 2 is 1.23 bits per heavy atom. The van der Waals surface area contributed by atoms with Gasteiger partial charge in [-0.25, -0.2) is 0 Å². The number of carbonyl (C=O) groups excluding carboxylic acids is 11. The second-order valence-corrected chi connectivity index (χ2v) is 29.0. The topological polar surface area (TPSA) is 259 Å². The molecule has 1 aliphatic carbocycles. The average molecular weight is 1380 g/mol. The number of carbonyl (C=O) groups is 11. The van der Waals surface area contributed by atoms with Crippen LogP contribution in [0.4, 0.5) is 13.2 Å². The molecule has 1 spiro atoms. The first-order valence-electron chi connectivity index (χ1n) is 34.5. The molecule has 0 radical (unpaired) electrons. The molecule has 0 unspecified atom stereocenters. The normalized spacial score (nSPS) is 26.4. The molecule has 0 bridgehead atoms. The summed E-state index contributed by atoms with van der Waals surface area (Å²) >= 11 is 6.15. The number of nitrogens with zero attached hydrogens (tertiary/aromatic N) is 7. The van der Waals surface area contributed by atoms with Crippen molar-refractivity contribution < 1.29 is 65.9 Å². The predicted octanol–water partition coefficient (Wildman–Crippen LogP) is 6.69. The summed E-state index contributed by atoms with van der Waals surface area (Å²) in [5.74, 6) is -7.83. The molecule has 4 aliphatic rings. The summed E-state index contributed by atoms with van der Waals surface area (Å²) in [6, 6.07) is 0.255. The van der Waals surface area contributed by atoms with E-state index < -0.39 is 160 Å². The molecule has 11 amide bonds. The number of alkyl halides is 3. The van der Waals surface area contributed by atoms with Gasteiger partial charge in [-0.15, -0.1) is 0 Å². The van der Waals surface area contributed by atoms with Crippen molar-refractivity contribution in [2.24, 2.45) is 23.7 Å². The largest absolute Gasteiger partial charge is 0.417 e. The minimum atomic E-state index is -4.76. The van der Waals surface area contributed by atoms with E-state index in [1.807, 2.05) is 67.5 Å². The summed E-state index contributed by atoms with van der Waals surface area (Å²) < 4.78 is 41.5.